The van der Waals surface area contributed by atoms with Crippen molar-refractivity contribution in [3.63, 3.8) is 0 Å². The second-order valence-electron chi connectivity index (χ2n) is 5.67. The number of amides is 2. The summed E-state index contributed by atoms with van der Waals surface area (Å²) in [6.07, 6.45) is 0. The first-order valence-corrected chi connectivity index (χ1v) is 7.87. The fraction of sp³-hybridized carbons (Fsp3) is 0.263. The Morgan fingerprint density at radius 3 is 2.25 bits per heavy atom. The standard InChI is InChI=1S/C19H23N3O2/c1-21-18(23)16-10-8-14(9-11-16)13-22(2)19(24)17(12-20)15-6-4-3-5-7-15/h3-11,17H,12-13,20H2,1-2H3,(H,21,23). The number of hydrogen-bond donors (Lipinski definition) is 2. The third-order valence-electron chi connectivity index (χ3n) is 3.97. The summed E-state index contributed by atoms with van der Waals surface area (Å²) in [6, 6.07) is 16.8. The van der Waals surface area contributed by atoms with Gasteiger partial charge < -0.3 is 16.0 Å². The SMILES string of the molecule is CNC(=O)c1ccc(CN(C)C(=O)C(CN)c2ccccc2)cc1. The Hall–Kier alpha value is -2.66. The molecule has 3 N–H and O–H groups in total. The minimum atomic E-state index is -0.346. The molecule has 2 amide bonds. The largest absolute Gasteiger partial charge is 0.355 e. The molecule has 2 aromatic carbocycles. The molecule has 0 spiro atoms. The molecular weight excluding hydrogens is 302 g/mol. The predicted molar refractivity (Wildman–Crippen MR) is 94.5 cm³/mol. The van der Waals surface area contributed by atoms with Gasteiger partial charge in [0.05, 0.1) is 5.92 Å². The third kappa shape index (κ3) is 4.20. The van der Waals surface area contributed by atoms with Crippen molar-refractivity contribution in [2.24, 2.45) is 5.73 Å². The van der Waals surface area contributed by atoms with E-state index in [0.717, 1.165) is 11.1 Å². The van der Waals surface area contributed by atoms with Crippen LogP contribution in [0.15, 0.2) is 54.6 Å². The molecule has 2 aromatic rings. The molecule has 0 saturated heterocycles. The second-order valence-corrected chi connectivity index (χ2v) is 5.67. The number of benzene rings is 2. The zero-order valence-electron chi connectivity index (χ0n) is 14.0. The second kappa shape index (κ2) is 8.26. The Morgan fingerprint density at radius 2 is 1.71 bits per heavy atom. The lowest BCUT2D eigenvalue weighted by Crippen LogP contribution is -2.34. The van der Waals surface area contributed by atoms with Crippen molar-refractivity contribution in [3.8, 4) is 0 Å². The average Bonchev–Trinajstić information content (AvgIpc) is 2.63. The van der Waals surface area contributed by atoms with E-state index < -0.39 is 0 Å². The zero-order valence-corrected chi connectivity index (χ0v) is 14.0. The number of carbonyl (C=O) groups is 2. The molecule has 0 saturated carbocycles. The van der Waals surface area contributed by atoms with Crippen LogP contribution >= 0.6 is 0 Å². The number of carbonyl (C=O) groups excluding carboxylic acids is 2. The van der Waals surface area contributed by atoms with E-state index in [1.807, 2.05) is 42.5 Å². The lowest BCUT2D eigenvalue weighted by Gasteiger charge is -2.23. The maximum atomic E-state index is 12.7. The van der Waals surface area contributed by atoms with Crippen molar-refractivity contribution in [1.29, 1.82) is 0 Å². The summed E-state index contributed by atoms with van der Waals surface area (Å²) in [5.74, 6) is -0.487. The van der Waals surface area contributed by atoms with Crippen LogP contribution in [-0.4, -0.2) is 37.4 Å². The molecule has 0 fully saturated rings. The van der Waals surface area contributed by atoms with Crippen molar-refractivity contribution in [3.05, 3.63) is 71.3 Å². The van der Waals surface area contributed by atoms with Crippen LogP contribution in [0, 0.1) is 0 Å². The van der Waals surface area contributed by atoms with Crippen molar-refractivity contribution in [1.82, 2.24) is 10.2 Å². The van der Waals surface area contributed by atoms with E-state index >= 15 is 0 Å². The molecule has 0 bridgehead atoms. The highest BCUT2D eigenvalue weighted by atomic mass is 16.2. The molecule has 24 heavy (non-hydrogen) atoms. The van der Waals surface area contributed by atoms with Crippen LogP contribution in [0.3, 0.4) is 0 Å². The van der Waals surface area contributed by atoms with Crippen molar-refractivity contribution < 1.29 is 9.59 Å². The van der Waals surface area contributed by atoms with Crippen LogP contribution in [0.5, 0.6) is 0 Å². The van der Waals surface area contributed by atoms with Crippen LogP contribution in [0.25, 0.3) is 0 Å². The Kier molecular flexibility index (Phi) is 6.09. The van der Waals surface area contributed by atoms with Crippen LogP contribution in [0.1, 0.15) is 27.4 Å². The van der Waals surface area contributed by atoms with Gasteiger partial charge in [0.25, 0.3) is 5.91 Å². The van der Waals surface area contributed by atoms with Crippen molar-refractivity contribution in [2.45, 2.75) is 12.5 Å². The van der Waals surface area contributed by atoms with Gasteiger partial charge in [-0.05, 0) is 23.3 Å². The van der Waals surface area contributed by atoms with Crippen LogP contribution in [0.2, 0.25) is 0 Å². The summed E-state index contributed by atoms with van der Waals surface area (Å²) in [7, 11) is 3.36. The van der Waals surface area contributed by atoms with Gasteiger partial charge in [0.15, 0.2) is 0 Å². The maximum absolute atomic E-state index is 12.7. The van der Waals surface area contributed by atoms with E-state index in [2.05, 4.69) is 5.32 Å². The highest BCUT2D eigenvalue weighted by molar-refractivity contribution is 5.94. The number of nitrogens with one attached hydrogen (secondary N) is 1. The smallest absolute Gasteiger partial charge is 0.251 e. The Bertz CT molecular complexity index is 684. The zero-order chi connectivity index (χ0) is 17.5. The monoisotopic (exact) mass is 325 g/mol. The number of hydrogen-bond acceptors (Lipinski definition) is 3. The number of likely N-dealkylation sites (N-methyl/N-ethyl adjacent to an activating group) is 1. The fourth-order valence-corrected chi connectivity index (χ4v) is 2.59. The van der Waals surface area contributed by atoms with Gasteiger partial charge in [-0.2, -0.15) is 0 Å². The molecule has 0 aromatic heterocycles. The van der Waals surface area contributed by atoms with Crippen LogP contribution in [0.4, 0.5) is 0 Å². The quantitative estimate of drug-likeness (QED) is 0.849. The molecule has 0 aliphatic carbocycles. The average molecular weight is 325 g/mol. The molecule has 0 aliphatic heterocycles. The maximum Gasteiger partial charge on any atom is 0.251 e. The molecule has 2 rings (SSSR count). The van der Waals surface area contributed by atoms with Gasteiger partial charge in [0.2, 0.25) is 5.91 Å². The molecule has 1 unspecified atom stereocenters. The van der Waals surface area contributed by atoms with E-state index in [1.165, 1.54) is 0 Å². The number of nitrogens with zero attached hydrogens (tertiary/aromatic N) is 1. The molecular formula is C19H23N3O2. The van der Waals surface area contributed by atoms with Crippen molar-refractivity contribution >= 4 is 11.8 Å². The third-order valence-corrected chi connectivity index (χ3v) is 3.97. The molecule has 0 heterocycles. The van der Waals surface area contributed by atoms with E-state index in [-0.39, 0.29) is 24.3 Å². The molecule has 5 nitrogen and oxygen atoms in total. The Labute approximate surface area is 142 Å². The lowest BCUT2D eigenvalue weighted by molar-refractivity contribution is -0.131. The lowest BCUT2D eigenvalue weighted by atomic mass is 9.97. The summed E-state index contributed by atoms with van der Waals surface area (Å²) in [5.41, 5.74) is 8.29. The van der Waals surface area contributed by atoms with Gasteiger partial charge in [0, 0.05) is 32.7 Å². The van der Waals surface area contributed by atoms with Crippen molar-refractivity contribution in [2.75, 3.05) is 20.6 Å². The normalized spacial score (nSPS) is 11.6. The Balaban J connectivity index is 2.06. The first-order valence-electron chi connectivity index (χ1n) is 7.87. The summed E-state index contributed by atoms with van der Waals surface area (Å²) >= 11 is 0. The number of nitrogens with two attached hydrogens (primary N) is 1. The Morgan fingerprint density at radius 1 is 1.08 bits per heavy atom. The molecule has 1 atom stereocenters. The summed E-state index contributed by atoms with van der Waals surface area (Å²) in [5, 5.41) is 2.58. The van der Waals surface area contributed by atoms with Gasteiger partial charge >= 0.3 is 0 Å². The first-order chi connectivity index (χ1) is 11.6. The summed E-state index contributed by atoms with van der Waals surface area (Å²) in [4.78, 5) is 25.9. The van der Waals surface area contributed by atoms with E-state index in [0.29, 0.717) is 12.1 Å². The van der Waals surface area contributed by atoms with Crippen LogP contribution < -0.4 is 11.1 Å². The molecule has 126 valence electrons. The van der Waals surface area contributed by atoms with E-state index in [9.17, 15) is 9.59 Å². The van der Waals surface area contributed by atoms with E-state index in [4.69, 9.17) is 5.73 Å². The van der Waals surface area contributed by atoms with E-state index in [1.54, 1.807) is 31.1 Å². The van der Waals surface area contributed by atoms with Gasteiger partial charge in [-0.15, -0.1) is 0 Å². The number of rotatable bonds is 6. The molecule has 0 radical (unpaired) electrons. The molecule has 0 aliphatic rings. The van der Waals surface area contributed by atoms with Gasteiger partial charge in [-0.3, -0.25) is 9.59 Å². The summed E-state index contributed by atoms with van der Waals surface area (Å²) < 4.78 is 0. The molecule has 5 heteroatoms. The topological polar surface area (TPSA) is 75.4 Å². The summed E-state index contributed by atoms with van der Waals surface area (Å²) in [6.45, 7) is 0.735. The minimum absolute atomic E-state index is 0.0147. The fourth-order valence-electron chi connectivity index (χ4n) is 2.59. The van der Waals surface area contributed by atoms with Gasteiger partial charge in [0.1, 0.15) is 0 Å². The first kappa shape index (κ1) is 17.7. The highest BCUT2D eigenvalue weighted by Crippen LogP contribution is 2.18. The minimum Gasteiger partial charge on any atom is -0.355 e. The van der Waals surface area contributed by atoms with Crippen LogP contribution in [-0.2, 0) is 11.3 Å². The predicted octanol–water partition coefficient (Wildman–Crippen LogP) is 1.75. The van der Waals surface area contributed by atoms with Gasteiger partial charge in [-0.1, -0.05) is 42.5 Å². The highest BCUT2D eigenvalue weighted by Gasteiger charge is 2.22. The van der Waals surface area contributed by atoms with Gasteiger partial charge in [-0.25, -0.2) is 0 Å².